The van der Waals surface area contributed by atoms with Crippen LogP contribution in [0.25, 0.3) is 0 Å². The van der Waals surface area contributed by atoms with Crippen LogP contribution in [0.15, 0.2) is 24.3 Å². The SMILES string of the molecule is O=C1NC2(CCCC2)C(=O)N1CN1CCN(c2ccccc2F)CC1. The molecular formula is C18H23FN4O2. The van der Waals surface area contributed by atoms with Crippen LogP contribution in [0.5, 0.6) is 0 Å². The van der Waals surface area contributed by atoms with Gasteiger partial charge in [-0.15, -0.1) is 0 Å². The summed E-state index contributed by atoms with van der Waals surface area (Å²) in [5.41, 5.74) is -0.0337. The normalized spacial score (nSPS) is 23.6. The van der Waals surface area contributed by atoms with Crippen molar-refractivity contribution in [1.82, 2.24) is 15.1 Å². The third-order valence-electron chi connectivity index (χ3n) is 5.61. The van der Waals surface area contributed by atoms with Gasteiger partial charge in [0.05, 0.1) is 12.4 Å². The second-order valence-corrected chi connectivity index (χ2v) is 7.15. The van der Waals surface area contributed by atoms with Crippen molar-refractivity contribution >= 4 is 17.6 Å². The number of benzene rings is 1. The number of amides is 3. The standard InChI is InChI=1S/C18H23FN4O2/c19-14-5-1-2-6-15(14)22-11-9-21(10-12-22)13-23-16(24)18(20-17(23)25)7-3-4-8-18/h1-2,5-6H,3-4,7-13H2,(H,20,25). The lowest BCUT2D eigenvalue weighted by atomic mass is 9.98. The van der Waals surface area contributed by atoms with E-state index < -0.39 is 5.54 Å². The summed E-state index contributed by atoms with van der Waals surface area (Å²) in [7, 11) is 0. The molecule has 1 spiro atoms. The summed E-state index contributed by atoms with van der Waals surface area (Å²) in [6.45, 7) is 3.06. The largest absolute Gasteiger partial charge is 0.367 e. The minimum atomic E-state index is -0.647. The highest BCUT2D eigenvalue weighted by Crippen LogP contribution is 2.35. The van der Waals surface area contributed by atoms with Gasteiger partial charge in [0, 0.05) is 26.2 Å². The molecule has 134 valence electrons. The van der Waals surface area contributed by atoms with Crippen LogP contribution in [0, 0.1) is 5.82 Å². The van der Waals surface area contributed by atoms with Crippen LogP contribution in [0.1, 0.15) is 25.7 Å². The number of urea groups is 1. The maximum Gasteiger partial charge on any atom is 0.326 e. The molecule has 6 nitrogen and oxygen atoms in total. The average molecular weight is 346 g/mol. The summed E-state index contributed by atoms with van der Waals surface area (Å²) in [5, 5.41) is 2.91. The van der Waals surface area contributed by atoms with Gasteiger partial charge in [-0.3, -0.25) is 9.69 Å². The Labute approximate surface area is 146 Å². The van der Waals surface area contributed by atoms with Gasteiger partial charge in [0.15, 0.2) is 0 Å². The lowest BCUT2D eigenvalue weighted by molar-refractivity contribution is -0.132. The number of hydrogen-bond donors (Lipinski definition) is 1. The van der Waals surface area contributed by atoms with Gasteiger partial charge < -0.3 is 10.2 Å². The van der Waals surface area contributed by atoms with Gasteiger partial charge in [0.1, 0.15) is 11.4 Å². The van der Waals surface area contributed by atoms with Crippen LogP contribution in [0.2, 0.25) is 0 Å². The van der Waals surface area contributed by atoms with Gasteiger partial charge in [-0.25, -0.2) is 14.1 Å². The molecule has 3 aliphatic rings. The van der Waals surface area contributed by atoms with Crippen molar-refractivity contribution in [2.24, 2.45) is 0 Å². The van der Waals surface area contributed by atoms with E-state index in [0.29, 0.717) is 38.5 Å². The van der Waals surface area contributed by atoms with E-state index in [1.165, 1.54) is 11.0 Å². The predicted molar refractivity (Wildman–Crippen MR) is 91.6 cm³/mol. The van der Waals surface area contributed by atoms with Crippen molar-refractivity contribution in [1.29, 1.82) is 0 Å². The Morgan fingerprint density at radius 3 is 2.40 bits per heavy atom. The van der Waals surface area contributed by atoms with E-state index in [1.54, 1.807) is 12.1 Å². The van der Waals surface area contributed by atoms with E-state index in [2.05, 4.69) is 10.2 Å². The topological polar surface area (TPSA) is 55.9 Å². The molecule has 0 atom stereocenters. The number of carbonyl (C=O) groups excluding carboxylic acids is 2. The minimum absolute atomic E-state index is 0.0773. The van der Waals surface area contributed by atoms with Crippen LogP contribution in [-0.4, -0.2) is 60.1 Å². The zero-order valence-corrected chi connectivity index (χ0v) is 14.2. The third-order valence-corrected chi connectivity index (χ3v) is 5.61. The average Bonchev–Trinajstić information content (AvgIpc) is 3.17. The molecule has 2 aliphatic heterocycles. The van der Waals surface area contributed by atoms with E-state index in [9.17, 15) is 14.0 Å². The fourth-order valence-electron chi connectivity index (χ4n) is 4.16. The van der Waals surface area contributed by atoms with Crippen LogP contribution >= 0.6 is 0 Å². The van der Waals surface area contributed by atoms with Crippen LogP contribution in [-0.2, 0) is 4.79 Å². The summed E-state index contributed by atoms with van der Waals surface area (Å²) in [6, 6.07) is 6.50. The van der Waals surface area contributed by atoms with Gasteiger partial charge in [-0.1, -0.05) is 25.0 Å². The number of carbonyl (C=O) groups is 2. The Balaban J connectivity index is 1.37. The van der Waals surface area contributed by atoms with Gasteiger partial charge in [-0.05, 0) is 25.0 Å². The molecule has 3 fully saturated rings. The lowest BCUT2D eigenvalue weighted by Gasteiger charge is -2.37. The highest BCUT2D eigenvalue weighted by molar-refractivity contribution is 6.07. The molecule has 7 heteroatoms. The molecule has 0 radical (unpaired) electrons. The molecule has 0 unspecified atom stereocenters. The molecule has 25 heavy (non-hydrogen) atoms. The highest BCUT2D eigenvalue weighted by Gasteiger charge is 2.52. The van der Waals surface area contributed by atoms with E-state index in [0.717, 1.165) is 25.7 Å². The zero-order chi connectivity index (χ0) is 17.4. The second-order valence-electron chi connectivity index (χ2n) is 7.15. The smallest absolute Gasteiger partial charge is 0.326 e. The van der Waals surface area contributed by atoms with Crippen molar-refractivity contribution in [2.75, 3.05) is 37.7 Å². The fraction of sp³-hybridized carbons (Fsp3) is 0.556. The van der Waals surface area contributed by atoms with Crippen LogP contribution in [0.3, 0.4) is 0 Å². The fourth-order valence-corrected chi connectivity index (χ4v) is 4.16. The van der Waals surface area contributed by atoms with E-state index >= 15 is 0 Å². The monoisotopic (exact) mass is 346 g/mol. The number of para-hydroxylation sites is 1. The van der Waals surface area contributed by atoms with E-state index in [1.807, 2.05) is 11.0 Å². The van der Waals surface area contributed by atoms with E-state index in [-0.39, 0.29) is 17.8 Å². The van der Waals surface area contributed by atoms with Crippen molar-refractivity contribution in [3.63, 3.8) is 0 Å². The maximum atomic E-state index is 13.9. The minimum Gasteiger partial charge on any atom is -0.367 e. The van der Waals surface area contributed by atoms with Crippen LogP contribution < -0.4 is 10.2 Å². The zero-order valence-electron chi connectivity index (χ0n) is 14.2. The molecular weight excluding hydrogens is 323 g/mol. The summed E-state index contributed by atoms with van der Waals surface area (Å²) in [6.07, 6.45) is 3.46. The number of anilines is 1. The number of hydrogen-bond acceptors (Lipinski definition) is 4. The molecule has 1 aliphatic carbocycles. The third kappa shape index (κ3) is 2.86. The maximum absolute atomic E-state index is 13.9. The van der Waals surface area contributed by atoms with Crippen molar-refractivity contribution < 1.29 is 14.0 Å². The molecule has 4 rings (SSSR count). The Morgan fingerprint density at radius 2 is 1.72 bits per heavy atom. The molecule has 2 heterocycles. The van der Waals surface area contributed by atoms with Crippen molar-refractivity contribution in [3.8, 4) is 0 Å². The van der Waals surface area contributed by atoms with Gasteiger partial charge >= 0.3 is 6.03 Å². The first-order valence-electron chi connectivity index (χ1n) is 8.95. The molecule has 1 N–H and O–H groups in total. The Bertz CT molecular complexity index is 681. The first-order valence-corrected chi connectivity index (χ1v) is 8.95. The highest BCUT2D eigenvalue weighted by atomic mass is 19.1. The van der Waals surface area contributed by atoms with Crippen molar-refractivity contribution in [2.45, 2.75) is 31.2 Å². The summed E-state index contributed by atoms with van der Waals surface area (Å²) < 4.78 is 13.9. The molecule has 2 saturated heterocycles. The molecule has 3 amide bonds. The van der Waals surface area contributed by atoms with Crippen molar-refractivity contribution in [3.05, 3.63) is 30.1 Å². The van der Waals surface area contributed by atoms with Crippen LogP contribution in [0.4, 0.5) is 14.9 Å². The molecule has 1 saturated carbocycles. The first-order chi connectivity index (χ1) is 12.1. The number of nitrogens with zero attached hydrogens (tertiary/aromatic N) is 3. The number of rotatable bonds is 3. The van der Waals surface area contributed by atoms with E-state index in [4.69, 9.17) is 0 Å². The summed E-state index contributed by atoms with van der Waals surface area (Å²) in [5.74, 6) is -0.292. The van der Waals surface area contributed by atoms with Gasteiger partial charge in [0.2, 0.25) is 0 Å². The van der Waals surface area contributed by atoms with Gasteiger partial charge in [-0.2, -0.15) is 0 Å². The molecule has 0 aromatic heterocycles. The molecule has 1 aromatic carbocycles. The Kier molecular flexibility index (Phi) is 4.11. The Morgan fingerprint density at radius 1 is 1.04 bits per heavy atom. The predicted octanol–water partition coefficient (Wildman–Crippen LogP) is 1.77. The quantitative estimate of drug-likeness (QED) is 0.848. The molecule has 0 bridgehead atoms. The Hall–Kier alpha value is -2.15. The summed E-state index contributed by atoms with van der Waals surface area (Å²) in [4.78, 5) is 30.4. The summed E-state index contributed by atoms with van der Waals surface area (Å²) >= 11 is 0. The number of halogens is 1. The number of imide groups is 1. The van der Waals surface area contributed by atoms with Gasteiger partial charge in [0.25, 0.3) is 5.91 Å². The second kappa shape index (κ2) is 6.29. The molecule has 1 aromatic rings. The number of nitrogens with one attached hydrogen (secondary N) is 1. The first kappa shape index (κ1) is 16.3. The number of piperazine rings is 1. The lowest BCUT2D eigenvalue weighted by Crippen LogP contribution is -2.52.